The Hall–Kier alpha value is -2.05. The Bertz CT molecular complexity index is 482. The molecule has 0 aliphatic carbocycles. The van der Waals surface area contributed by atoms with Crippen molar-refractivity contribution in [1.29, 1.82) is 5.26 Å². The summed E-state index contributed by atoms with van der Waals surface area (Å²) in [6, 6.07) is 16.0. The molecule has 0 amide bonds. The Morgan fingerprint density at radius 3 is 2.53 bits per heavy atom. The molecule has 0 fully saturated rings. The Labute approximate surface area is 101 Å². The zero-order chi connectivity index (χ0) is 12.1. The van der Waals surface area contributed by atoms with Crippen LogP contribution >= 0.6 is 0 Å². The molecule has 3 heteroatoms. The van der Waals surface area contributed by atoms with Gasteiger partial charge >= 0.3 is 0 Å². The van der Waals surface area contributed by atoms with E-state index in [1.165, 1.54) is 5.56 Å². The average molecular weight is 225 g/mol. The van der Waals surface area contributed by atoms with Crippen LogP contribution in [0.25, 0.3) is 0 Å². The van der Waals surface area contributed by atoms with Gasteiger partial charge in [0.25, 0.3) is 0 Å². The number of hydrogen-bond donors (Lipinski definition) is 2. The van der Waals surface area contributed by atoms with Crippen LogP contribution in [0.15, 0.2) is 48.7 Å². The number of rotatable bonds is 4. The quantitative estimate of drug-likeness (QED) is 0.840. The van der Waals surface area contributed by atoms with Crippen LogP contribution in [-0.4, -0.2) is 4.98 Å². The fourth-order valence-corrected chi connectivity index (χ4v) is 1.81. The van der Waals surface area contributed by atoms with Gasteiger partial charge in [-0.1, -0.05) is 30.3 Å². The highest BCUT2D eigenvalue weighted by molar-refractivity contribution is 5.21. The molecule has 2 aromatic rings. The Morgan fingerprint density at radius 2 is 1.94 bits per heavy atom. The van der Waals surface area contributed by atoms with Crippen LogP contribution < -0.4 is 5.32 Å². The first-order valence-electron chi connectivity index (χ1n) is 5.65. The molecule has 2 N–H and O–H groups in total. The van der Waals surface area contributed by atoms with Crippen molar-refractivity contribution in [2.75, 3.05) is 0 Å². The van der Waals surface area contributed by atoms with Crippen molar-refractivity contribution in [2.24, 2.45) is 0 Å². The average Bonchev–Trinajstić information content (AvgIpc) is 2.90. The summed E-state index contributed by atoms with van der Waals surface area (Å²) >= 11 is 0. The van der Waals surface area contributed by atoms with Crippen LogP contribution in [0.3, 0.4) is 0 Å². The topological polar surface area (TPSA) is 51.6 Å². The summed E-state index contributed by atoms with van der Waals surface area (Å²) in [6.45, 7) is 2.06. The first kappa shape index (κ1) is 11.4. The Kier molecular flexibility index (Phi) is 3.59. The molecule has 17 heavy (non-hydrogen) atoms. The van der Waals surface area contributed by atoms with Gasteiger partial charge < -0.3 is 4.98 Å². The monoisotopic (exact) mass is 225 g/mol. The lowest BCUT2D eigenvalue weighted by Gasteiger charge is -2.17. The normalized spacial score (nSPS) is 13.9. The predicted molar refractivity (Wildman–Crippen MR) is 67.1 cm³/mol. The van der Waals surface area contributed by atoms with Crippen LogP contribution in [0, 0.1) is 11.3 Å². The second-order valence-electron chi connectivity index (χ2n) is 3.99. The molecule has 0 radical (unpaired) electrons. The molecule has 0 aliphatic heterocycles. The maximum absolute atomic E-state index is 9.16. The smallest absolute Gasteiger partial charge is 0.136 e. The zero-order valence-electron chi connectivity index (χ0n) is 9.72. The van der Waals surface area contributed by atoms with Crippen LogP contribution in [-0.2, 0) is 0 Å². The van der Waals surface area contributed by atoms with E-state index < -0.39 is 0 Å². The van der Waals surface area contributed by atoms with Gasteiger partial charge in [0, 0.05) is 17.9 Å². The lowest BCUT2D eigenvalue weighted by Crippen LogP contribution is -2.23. The summed E-state index contributed by atoms with van der Waals surface area (Å²) in [7, 11) is 0. The second-order valence-corrected chi connectivity index (χ2v) is 3.99. The minimum atomic E-state index is -0.305. The molecule has 0 spiro atoms. The van der Waals surface area contributed by atoms with Gasteiger partial charge in [0.15, 0.2) is 0 Å². The van der Waals surface area contributed by atoms with Crippen molar-refractivity contribution in [3.05, 3.63) is 59.9 Å². The van der Waals surface area contributed by atoms with E-state index >= 15 is 0 Å². The minimum absolute atomic E-state index is 0.143. The van der Waals surface area contributed by atoms with Crippen molar-refractivity contribution >= 4 is 0 Å². The summed E-state index contributed by atoms with van der Waals surface area (Å²) in [6.07, 6.45) is 1.83. The van der Waals surface area contributed by atoms with Crippen molar-refractivity contribution < 1.29 is 0 Å². The summed E-state index contributed by atoms with van der Waals surface area (Å²) in [5.41, 5.74) is 2.08. The van der Waals surface area contributed by atoms with Gasteiger partial charge in [-0.3, -0.25) is 5.32 Å². The number of nitriles is 1. The summed E-state index contributed by atoms with van der Waals surface area (Å²) in [4.78, 5) is 3.06. The summed E-state index contributed by atoms with van der Waals surface area (Å²) in [5.74, 6) is 0. The third-order valence-corrected chi connectivity index (χ3v) is 2.78. The van der Waals surface area contributed by atoms with Crippen LogP contribution in [0.4, 0.5) is 0 Å². The number of H-pyrrole nitrogens is 1. The van der Waals surface area contributed by atoms with Crippen molar-refractivity contribution in [3.8, 4) is 6.07 Å². The highest BCUT2D eigenvalue weighted by Gasteiger charge is 2.14. The molecule has 0 saturated heterocycles. The lowest BCUT2D eigenvalue weighted by molar-refractivity contribution is 0.527. The highest BCUT2D eigenvalue weighted by Crippen LogP contribution is 2.17. The molecular formula is C14H15N3. The summed E-state index contributed by atoms with van der Waals surface area (Å²) < 4.78 is 0. The van der Waals surface area contributed by atoms with E-state index in [9.17, 15) is 0 Å². The maximum Gasteiger partial charge on any atom is 0.136 e. The fourth-order valence-electron chi connectivity index (χ4n) is 1.81. The predicted octanol–water partition coefficient (Wildman–Crippen LogP) is 2.93. The van der Waals surface area contributed by atoms with Crippen LogP contribution in [0.1, 0.15) is 30.3 Å². The number of hydrogen-bond acceptors (Lipinski definition) is 2. The number of nitrogens with zero attached hydrogens (tertiary/aromatic N) is 1. The SMILES string of the molecule is CC(NC(C#N)c1ccc[nH]1)c1ccccc1. The number of aromatic amines is 1. The van der Waals surface area contributed by atoms with Gasteiger partial charge in [-0.15, -0.1) is 0 Å². The van der Waals surface area contributed by atoms with Gasteiger partial charge in [0.2, 0.25) is 0 Å². The number of aromatic nitrogens is 1. The molecular weight excluding hydrogens is 210 g/mol. The third-order valence-electron chi connectivity index (χ3n) is 2.78. The zero-order valence-corrected chi connectivity index (χ0v) is 9.72. The standard InChI is InChI=1S/C14H15N3/c1-11(12-6-3-2-4-7-12)17-14(10-15)13-8-5-9-16-13/h2-9,11,14,16-17H,1H3. The van der Waals surface area contributed by atoms with Crippen molar-refractivity contribution in [2.45, 2.75) is 19.0 Å². The molecule has 2 rings (SSSR count). The highest BCUT2D eigenvalue weighted by atomic mass is 15.0. The van der Waals surface area contributed by atoms with Gasteiger partial charge in [-0.25, -0.2) is 0 Å². The molecule has 2 unspecified atom stereocenters. The molecule has 1 aromatic heterocycles. The summed E-state index contributed by atoms with van der Waals surface area (Å²) in [5, 5.41) is 12.5. The fraction of sp³-hybridized carbons (Fsp3) is 0.214. The van der Waals surface area contributed by atoms with Gasteiger partial charge in [-0.2, -0.15) is 5.26 Å². The molecule has 2 atom stereocenters. The number of benzene rings is 1. The molecule has 1 heterocycles. The van der Waals surface area contributed by atoms with E-state index in [0.29, 0.717) is 0 Å². The van der Waals surface area contributed by atoms with E-state index in [1.807, 2.05) is 36.5 Å². The lowest BCUT2D eigenvalue weighted by atomic mass is 10.1. The first-order chi connectivity index (χ1) is 8.31. The van der Waals surface area contributed by atoms with Gasteiger partial charge in [-0.05, 0) is 24.6 Å². The Morgan fingerprint density at radius 1 is 1.18 bits per heavy atom. The number of nitrogens with one attached hydrogen (secondary N) is 2. The van der Waals surface area contributed by atoms with Crippen molar-refractivity contribution in [3.63, 3.8) is 0 Å². The molecule has 0 saturated carbocycles. The largest absolute Gasteiger partial charge is 0.363 e. The second kappa shape index (κ2) is 5.33. The van der Waals surface area contributed by atoms with Crippen LogP contribution in [0.2, 0.25) is 0 Å². The first-order valence-corrected chi connectivity index (χ1v) is 5.65. The van der Waals surface area contributed by atoms with E-state index in [0.717, 1.165) is 5.69 Å². The molecule has 0 bridgehead atoms. The van der Waals surface area contributed by atoms with E-state index in [1.54, 1.807) is 0 Å². The Balaban J connectivity index is 2.08. The van der Waals surface area contributed by atoms with Gasteiger partial charge in [0.05, 0.1) is 6.07 Å². The third kappa shape index (κ3) is 2.74. The molecule has 86 valence electrons. The maximum atomic E-state index is 9.16. The van der Waals surface area contributed by atoms with E-state index in [4.69, 9.17) is 5.26 Å². The van der Waals surface area contributed by atoms with Crippen LogP contribution in [0.5, 0.6) is 0 Å². The van der Waals surface area contributed by atoms with Crippen molar-refractivity contribution in [1.82, 2.24) is 10.3 Å². The van der Waals surface area contributed by atoms with Gasteiger partial charge in [0.1, 0.15) is 6.04 Å². The molecule has 3 nitrogen and oxygen atoms in total. The van der Waals surface area contributed by atoms with E-state index in [2.05, 4.69) is 35.4 Å². The molecule has 1 aromatic carbocycles. The minimum Gasteiger partial charge on any atom is -0.363 e. The van der Waals surface area contributed by atoms with E-state index in [-0.39, 0.29) is 12.1 Å². The molecule has 0 aliphatic rings.